The molecule has 61 heavy (non-hydrogen) atoms. The Balaban J connectivity index is 0.00000347. The molecule has 14 nitrogen and oxygen atoms in total. The fourth-order valence-corrected chi connectivity index (χ4v) is 8.63. The number of anilines is 1. The minimum absolute atomic E-state index is 0.0374. The highest BCUT2D eigenvalue weighted by molar-refractivity contribution is 5.88. The van der Waals surface area contributed by atoms with Crippen LogP contribution in [0.25, 0.3) is 17.0 Å². The van der Waals surface area contributed by atoms with E-state index in [1.807, 2.05) is 60.9 Å². The van der Waals surface area contributed by atoms with Crippen LogP contribution < -0.4 is 10.2 Å². The zero-order valence-corrected chi connectivity index (χ0v) is 37.1. The van der Waals surface area contributed by atoms with E-state index in [1.165, 1.54) is 4.90 Å². The predicted octanol–water partition coefficient (Wildman–Crippen LogP) is 7.00. The quantitative estimate of drug-likeness (QED) is 0.0513. The summed E-state index contributed by atoms with van der Waals surface area (Å²) >= 11 is 0. The first kappa shape index (κ1) is 46.8. The predicted molar refractivity (Wildman–Crippen MR) is 241 cm³/mol. The Bertz CT molecular complexity index is 1920. The van der Waals surface area contributed by atoms with E-state index >= 15 is 0 Å². The van der Waals surface area contributed by atoms with Crippen molar-refractivity contribution in [3.05, 3.63) is 77.5 Å². The number of hydrogen-bond donors (Lipinski definition) is 2. The summed E-state index contributed by atoms with van der Waals surface area (Å²) < 4.78 is 10.4. The van der Waals surface area contributed by atoms with E-state index in [0.717, 1.165) is 97.9 Å². The molecule has 3 aliphatic rings. The fraction of sp³-hybridized carbons (Fsp3) is 0.553. The third kappa shape index (κ3) is 13.1. The van der Waals surface area contributed by atoms with Gasteiger partial charge in [0.15, 0.2) is 6.73 Å². The maximum atomic E-state index is 14.3. The number of H-pyrrole nitrogens is 1. The number of rotatable bonds is 16. The van der Waals surface area contributed by atoms with Gasteiger partial charge in [0.2, 0.25) is 12.3 Å². The number of benzene rings is 2. The van der Waals surface area contributed by atoms with Crippen LogP contribution in [0.2, 0.25) is 0 Å². The number of ether oxygens (including phenoxy) is 2. The van der Waals surface area contributed by atoms with E-state index in [9.17, 15) is 19.2 Å². The van der Waals surface area contributed by atoms with Crippen LogP contribution in [0.1, 0.15) is 82.4 Å². The number of likely N-dealkylation sites (tertiary alicyclic amines) is 2. The number of aryl methyl sites for hydroxylation is 1. The molecule has 0 bridgehead atoms. The molecule has 3 saturated heterocycles. The van der Waals surface area contributed by atoms with Gasteiger partial charge in [0, 0.05) is 57.1 Å². The van der Waals surface area contributed by atoms with Crippen molar-refractivity contribution in [1.29, 1.82) is 0 Å². The molecular formula is C47H68N8O6. The molecule has 2 aromatic carbocycles. The van der Waals surface area contributed by atoms with E-state index in [2.05, 4.69) is 64.1 Å². The zero-order valence-electron chi connectivity index (χ0n) is 37.1. The number of amides is 4. The maximum Gasteiger partial charge on any atom is 0.510 e. The molecule has 0 saturated carbocycles. The van der Waals surface area contributed by atoms with Crippen LogP contribution in [-0.2, 0) is 25.5 Å². The molecule has 332 valence electrons. The molecule has 1 atom stereocenters. The van der Waals surface area contributed by atoms with Crippen LogP contribution in [0.3, 0.4) is 0 Å². The van der Waals surface area contributed by atoms with Gasteiger partial charge >= 0.3 is 12.2 Å². The monoisotopic (exact) mass is 841 g/mol. The van der Waals surface area contributed by atoms with Gasteiger partial charge in [-0.15, -0.1) is 6.58 Å². The van der Waals surface area contributed by atoms with E-state index in [0.29, 0.717) is 57.2 Å². The van der Waals surface area contributed by atoms with Crippen LogP contribution in [0.15, 0.2) is 60.8 Å². The smallest absolute Gasteiger partial charge is 0.434 e. The first-order valence-electron chi connectivity index (χ1n) is 22.2. The summed E-state index contributed by atoms with van der Waals surface area (Å²) in [5.41, 5.74) is 5.55. The van der Waals surface area contributed by atoms with Crippen molar-refractivity contribution >= 4 is 47.2 Å². The Morgan fingerprint density at radius 2 is 1.69 bits per heavy atom. The van der Waals surface area contributed by atoms with Crippen molar-refractivity contribution in [3.8, 4) is 0 Å². The summed E-state index contributed by atoms with van der Waals surface area (Å²) in [4.78, 5) is 62.6. The third-order valence-electron chi connectivity index (χ3n) is 12.2. The van der Waals surface area contributed by atoms with Crippen molar-refractivity contribution in [2.45, 2.75) is 91.1 Å². The summed E-state index contributed by atoms with van der Waals surface area (Å²) in [7, 11) is 2.18. The number of carbonyl (C=O) groups excluding carboxylic acids is 4. The Morgan fingerprint density at radius 3 is 2.39 bits per heavy atom. The lowest BCUT2D eigenvalue weighted by Crippen LogP contribution is -2.59. The SMILES string of the molecule is C=CCCCCOC(=O)OCN(C=O)c1ccccc1/C=C(\C)C1CCN(C(=O)NC(Cc2cc(C)c3[nH]ncc3c2)C(=O)N2CCN(C3CCN(C)CC3)CC2)CC1.CC. The normalized spacial score (nSPS) is 17.6. The van der Waals surface area contributed by atoms with E-state index < -0.39 is 12.2 Å². The summed E-state index contributed by atoms with van der Waals surface area (Å²) in [5, 5.41) is 11.4. The van der Waals surface area contributed by atoms with Crippen molar-refractivity contribution < 1.29 is 28.7 Å². The molecule has 4 heterocycles. The molecule has 3 fully saturated rings. The maximum absolute atomic E-state index is 14.3. The molecule has 2 N–H and O–H groups in total. The van der Waals surface area contributed by atoms with Crippen molar-refractivity contribution in [2.75, 3.05) is 77.6 Å². The van der Waals surface area contributed by atoms with Crippen LogP contribution >= 0.6 is 0 Å². The average molecular weight is 841 g/mol. The Labute approximate surface area is 362 Å². The van der Waals surface area contributed by atoms with Gasteiger partial charge in [0.1, 0.15) is 6.04 Å². The Hall–Kier alpha value is -5.21. The molecule has 6 rings (SSSR count). The number of piperazine rings is 1. The number of unbranched alkanes of at least 4 members (excludes halogenated alkanes) is 2. The molecule has 14 heteroatoms. The van der Waals surface area contributed by atoms with Gasteiger partial charge in [-0.25, -0.2) is 9.59 Å². The van der Waals surface area contributed by atoms with Gasteiger partial charge in [-0.05, 0) is 114 Å². The minimum Gasteiger partial charge on any atom is -0.434 e. The number of nitrogens with zero attached hydrogens (tertiary/aromatic N) is 6. The lowest BCUT2D eigenvalue weighted by atomic mass is 9.89. The molecule has 0 aliphatic carbocycles. The van der Waals surface area contributed by atoms with Crippen LogP contribution in [0.5, 0.6) is 0 Å². The number of aromatic nitrogens is 2. The van der Waals surface area contributed by atoms with Crippen LogP contribution in [0, 0.1) is 12.8 Å². The lowest BCUT2D eigenvalue weighted by Gasteiger charge is -2.43. The minimum atomic E-state index is -0.821. The topological polar surface area (TPSA) is 144 Å². The number of allylic oxidation sites excluding steroid dienone is 2. The first-order chi connectivity index (χ1) is 29.6. The van der Waals surface area contributed by atoms with Gasteiger partial charge in [-0.2, -0.15) is 5.10 Å². The summed E-state index contributed by atoms with van der Waals surface area (Å²) in [6.45, 7) is 18.1. The largest absolute Gasteiger partial charge is 0.510 e. The molecule has 3 aliphatic heterocycles. The van der Waals surface area contributed by atoms with Gasteiger partial charge in [0.05, 0.1) is 24.0 Å². The molecule has 0 spiro atoms. The number of carbonyl (C=O) groups is 4. The highest BCUT2D eigenvalue weighted by atomic mass is 16.7. The molecular weight excluding hydrogens is 773 g/mol. The van der Waals surface area contributed by atoms with Gasteiger partial charge in [-0.1, -0.05) is 55.8 Å². The summed E-state index contributed by atoms with van der Waals surface area (Å²) in [5.74, 6) is 0.177. The highest BCUT2D eigenvalue weighted by Gasteiger charge is 2.33. The van der Waals surface area contributed by atoms with Crippen molar-refractivity contribution in [2.24, 2.45) is 5.92 Å². The first-order valence-corrected chi connectivity index (χ1v) is 22.2. The number of piperidine rings is 2. The average Bonchev–Trinajstić information content (AvgIpc) is 3.77. The number of aromatic amines is 1. The highest BCUT2D eigenvalue weighted by Crippen LogP contribution is 2.30. The molecule has 1 unspecified atom stereocenters. The number of nitrogens with one attached hydrogen (secondary N) is 2. The van der Waals surface area contributed by atoms with Crippen LogP contribution in [-0.4, -0.2) is 139 Å². The van der Waals surface area contributed by atoms with Gasteiger partial charge in [0.25, 0.3) is 0 Å². The lowest BCUT2D eigenvalue weighted by molar-refractivity contribution is -0.135. The number of urea groups is 1. The number of hydrogen-bond acceptors (Lipinski definition) is 9. The van der Waals surface area contributed by atoms with Crippen molar-refractivity contribution in [1.82, 2.24) is 35.1 Å². The molecule has 1 aromatic heterocycles. The van der Waals surface area contributed by atoms with E-state index in [-0.39, 0.29) is 31.2 Å². The van der Waals surface area contributed by atoms with E-state index in [1.54, 1.807) is 6.20 Å². The molecule has 0 radical (unpaired) electrons. The number of fused-ring (bicyclic) bond motifs is 1. The second-order valence-electron chi connectivity index (χ2n) is 16.3. The third-order valence-corrected chi connectivity index (χ3v) is 12.2. The summed E-state index contributed by atoms with van der Waals surface area (Å²) in [6.07, 6.45) is 12.1. The second-order valence-corrected chi connectivity index (χ2v) is 16.3. The Kier molecular flexibility index (Phi) is 18.2. The van der Waals surface area contributed by atoms with Gasteiger partial charge < -0.3 is 29.5 Å². The van der Waals surface area contributed by atoms with E-state index in [4.69, 9.17) is 9.47 Å². The summed E-state index contributed by atoms with van der Waals surface area (Å²) in [6, 6.07) is 11.2. The standard InChI is InChI=1S/C45H62N8O6.C2H6/c1-5-6-7-10-25-58-45(57)59-32-53(31-54)41-12-9-8-11-37(41)27-33(2)36-13-19-52(20-14-36)44(56)47-40(29-35-26-34(3)42-38(28-35)30-46-48-42)43(55)51-23-21-50(22-24-51)39-15-17-49(4)18-16-39;1-2/h5,8-9,11-12,26-28,30-31,36,39-40H,1,6-7,10,13-25,29,32H2,2-4H3,(H,46,48)(H,47,56);1-2H3/b33-27+;. The van der Waals surface area contributed by atoms with Gasteiger partial charge in [-0.3, -0.25) is 24.5 Å². The molecule has 3 aromatic rings. The fourth-order valence-electron chi connectivity index (χ4n) is 8.63. The number of para-hydroxylation sites is 1. The second kappa shape index (κ2) is 23.7. The van der Waals surface area contributed by atoms with Crippen molar-refractivity contribution in [3.63, 3.8) is 0 Å². The Morgan fingerprint density at radius 1 is 0.967 bits per heavy atom. The zero-order chi connectivity index (χ0) is 43.7. The van der Waals surface area contributed by atoms with Crippen LogP contribution in [0.4, 0.5) is 15.3 Å². The molecule has 4 amide bonds.